The second kappa shape index (κ2) is 7.09. The molecule has 0 aliphatic rings. The van der Waals surface area contributed by atoms with Gasteiger partial charge in [-0.05, 0) is 36.5 Å². The van der Waals surface area contributed by atoms with Crippen LogP contribution in [0.2, 0.25) is 0 Å². The fourth-order valence-electron chi connectivity index (χ4n) is 1.82. The lowest BCUT2D eigenvalue weighted by Gasteiger charge is -2.24. The van der Waals surface area contributed by atoms with Crippen LogP contribution >= 0.6 is 15.9 Å². The molecule has 0 fully saturated rings. The van der Waals surface area contributed by atoms with E-state index in [9.17, 15) is 4.79 Å². The van der Waals surface area contributed by atoms with Crippen molar-refractivity contribution in [2.45, 2.75) is 27.2 Å². The summed E-state index contributed by atoms with van der Waals surface area (Å²) in [5.41, 5.74) is 7.91. The van der Waals surface area contributed by atoms with Gasteiger partial charge in [0.15, 0.2) is 0 Å². The maximum Gasteiger partial charge on any atom is 0.251 e. The highest BCUT2D eigenvalue weighted by molar-refractivity contribution is 9.10. The third-order valence-electron chi connectivity index (χ3n) is 3.37. The molecule has 0 aliphatic carbocycles. The van der Waals surface area contributed by atoms with Crippen molar-refractivity contribution in [2.75, 3.05) is 26.0 Å². The summed E-state index contributed by atoms with van der Waals surface area (Å²) in [6.45, 7) is 7.35. The average molecular weight is 343 g/mol. The first kappa shape index (κ1) is 17.0. The Morgan fingerprint density at radius 3 is 2.70 bits per heavy atom. The Bertz CT molecular complexity index is 487. The molecule has 3 N–H and O–H groups in total. The third kappa shape index (κ3) is 4.80. The van der Waals surface area contributed by atoms with E-state index < -0.39 is 0 Å². The van der Waals surface area contributed by atoms with Crippen molar-refractivity contribution >= 4 is 27.5 Å². The Morgan fingerprint density at radius 2 is 2.10 bits per heavy atom. The van der Waals surface area contributed by atoms with E-state index in [0.29, 0.717) is 24.4 Å². The van der Waals surface area contributed by atoms with Gasteiger partial charge in [-0.2, -0.15) is 0 Å². The number of hydrogen-bond donors (Lipinski definition) is 2. The summed E-state index contributed by atoms with van der Waals surface area (Å²) in [6.07, 6.45) is 0.892. The average Bonchev–Trinajstić information content (AvgIpc) is 2.38. The number of nitrogen functional groups attached to an aromatic ring is 1. The fourth-order valence-corrected chi connectivity index (χ4v) is 2.29. The van der Waals surface area contributed by atoms with Gasteiger partial charge in [-0.25, -0.2) is 0 Å². The molecule has 0 unspecified atom stereocenters. The van der Waals surface area contributed by atoms with E-state index in [-0.39, 0.29) is 11.3 Å². The van der Waals surface area contributed by atoms with Crippen LogP contribution < -0.4 is 11.1 Å². The lowest BCUT2D eigenvalue weighted by atomic mass is 9.89. The Kier molecular flexibility index (Phi) is 6.02. The lowest BCUT2D eigenvalue weighted by Crippen LogP contribution is -2.35. The SMILES string of the molecule is COCCC(C)(C)CNC(=O)c1cc(Br)cc(N)c1C. The van der Waals surface area contributed by atoms with Crippen LogP contribution in [-0.2, 0) is 4.74 Å². The highest BCUT2D eigenvalue weighted by atomic mass is 79.9. The van der Waals surface area contributed by atoms with Gasteiger partial charge in [0.2, 0.25) is 0 Å². The summed E-state index contributed by atoms with van der Waals surface area (Å²) in [5, 5.41) is 2.97. The van der Waals surface area contributed by atoms with E-state index in [4.69, 9.17) is 10.5 Å². The molecule has 1 rings (SSSR count). The van der Waals surface area contributed by atoms with E-state index in [1.807, 2.05) is 6.92 Å². The number of nitrogens with two attached hydrogens (primary N) is 1. The molecule has 5 heteroatoms. The van der Waals surface area contributed by atoms with Gasteiger partial charge in [0.25, 0.3) is 5.91 Å². The molecule has 0 bridgehead atoms. The van der Waals surface area contributed by atoms with Crippen LogP contribution in [0.5, 0.6) is 0 Å². The minimum absolute atomic E-state index is 0.00285. The molecule has 20 heavy (non-hydrogen) atoms. The van der Waals surface area contributed by atoms with Crippen molar-refractivity contribution < 1.29 is 9.53 Å². The summed E-state index contributed by atoms with van der Waals surface area (Å²) in [5.74, 6) is -0.0963. The number of nitrogens with one attached hydrogen (secondary N) is 1. The Labute approximate surface area is 129 Å². The highest BCUT2D eigenvalue weighted by Crippen LogP contribution is 2.23. The summed E-state index contributed by atoms with van der Waals surface area (Å²) in [4.78, 5) is 12.3. The van der Waals surface area contributed by atoms with Crippen LogP contribution in [0.25, 0.3) is 0 Å². The third-order valence-corrected chi connectivity index (χ3v) is 3.83. The Balaban J connectivity index is 2.73. The number of carbonyl (C=O) groups is 1. The number of amides is 1. The standard InChI is InChI=1S/C15H23BrN2O2/c1-10-12(7-11(16)8-13(10)17)14(19)18-9-15(2,3)5-6-20-4/h7-8H,5-6,9,17H2,1-4H3,(H,18,19). The second-order valence-electron chi connectivity index (χ2n) is 5.76. The number of rotatable bonds is 6. The van der Waals surface area contributed by atoms with Gasteiger partial charge >= 0.3 is 0 Å². The summed E-state index contributed by atoms with van der Waals surface area (Å²) < 4.78 is 5.89. The Morgan fingerprint density at radius 1 is 1.45 bits per heavy atom. The second-order valence-corrected chi connectivity index (χ2v) is 6.67. The first-order chi connectivity index (χ1) is 9.26. The molecular weight excluding hydrogens is 320 g/mol. The van der Waals surface area contributed by atoms with Crippen LogP contribution in [0.4, 0.5) is 5.69 Å². The smallest absolute Gasteiger partial charge is 0.251 e. The quantitative estimate of drug-likeness (QED) is 0.780. The zero-order chi connectivity index (χ0) is 15.3. The van der Waals surface area contributed by atoms with Crippen LogP contribution in [0.15, 0.2) is 16.6 Å². The van der Waals surface area contributed by atoms with Crippen molar-refractivity contribution in [1.82, 2.24) is 5.32 Å². The van der Waals surface area contributed by atoms with Crippen molar-refractivity contribution in [1.29, 1.82) is 0 Å². The number of ether oxygens (including phenoxy) is 1. The predicted octanol–water partition coefficient (Wildman–Crippen LogP) is 3.13. The maximum absolute atomic E-state index is 12.3. The molecule has 4 nitrogen and oxygen atoms in total. The molecule has 0 heterocycles. The molecule has 0 saturated heterocycles. The summed E-state index contributed by atoms with van der Waals surface area (Å²) in [6, 6.07) is 3.60. The molecule has 112 valence electrons. The number of carbonyl (C=O) groups excluding carboxylic acids is 1. The van der Waals surface area contributed by atoms with Gasteiger partial charge in [0.05, 0.1) is 0 Å². The number of methoxy groups -OCH3 is 1. The van der Waals surface area contributed by atoms with Crippen LogP contribution in [0, 0.1) is 12.3 Å². The van der Waals surface area contributed by atoms with Crippen molar-refractivity contribution in [3.05, 3.63) is 27.7 Å². The highest BCUT2D eigenvalue weighted by Gasteiger charge is 2.20. The number of benzene rings is 1. The molecule has 0 aliphatic heterocycles. The van der Waals surface area contributed by atoms with Gasteiger partial charge in [-0.3, -0.25) is 4.79 Å². The first-order valence-corrected chi connectivity index (χ1v) is 7.39. The zero-order valence-electron chi connectivity index (χ0n) is 12.5. The van der Waals surface area contributed by atoms with Gasteiger partial charge in [0.1, 0.15) is 0 Å². The molecular formula is C15H23BrN2O2. The van der Waals surface area contributed by atoms with Crippen LogP contribution in [-0.4, -0.2) is 26.2 Å². The Hall–Kier alpha value is -1.07. The normalized spacial score (nSPS) is 11.4. The summed E-state index contributed by atoms with van der Waals surface area (Å²) in [7, 11) is 1.68. The van der Waals surface area contributed by atoms with Crippen molar-refractivity contribution in [2.24, 2.45) is 5.41 Å². The van der Waals surface area contributed by atoms with Crippen molar-refractivity contribution in [3.63, 3.8) is 0 Å². The molecule has 0 radical (unpaired) electrons. The minimum atomic E-state index is -0.0963. The van der Waals surface area contributed by atoms with Gasteiger partial charge in [-0.1, -0.05) is 29.8 Å². The largest absolute Gasteiger partial charge is 0.398 e. The molecule has 0 aromatic heterocycles. The van der Waals surface area contributed by atoms with Crippen LogP contribution in [0.3, 0.4) is 0 Å². The molecule has 1 aromatic carbocycles. The molecule has 0 atom stereocenters. The first-order valence-electron chi connectivity index (χ1n) is 6.59. The van der Waals surface area contributed by atoms with E-state index in [1.54, 1.807) is 19.2 Å². The maximum atomic E-state index is 12.3. The number of hydrogen-bond acceptors (Lipinski definition) is 3. The molecule has 1 amide bonds. The lowest BCUT2D eigenvalue weighted by molar-refractivity contribution is 0.0920. The number of halogens is 1. The summed E-state index contributed by atoms with van der Waals surface area (Å²) >= 11 is 3.36. The molecule has 0 saturated carbocycles. The van der Waals surface area contributed by atoms with E-state index in [1.165, 1.54) is 0 Å². The molecule has 1 aromatic rings. The predicted molar refractivity (Wildman–Crippen MR) is 85.9 cm³/mol. The number of anilines is 1. The zero-order valence-corrected chi connectivity index (χ0v) is 14.1. The van der Waals surface area contributed by atoms with E-state index in [2.05, 4.69) is 35.1 Å². The van der Waals surface area contributed by atoms with Crippen LogP contribution in [0.1, 0.15) is 36.2 Å². The van der Waals surface area contributed by atoms with Gasteiger partial charge in [0, 0.05) is 36.0 Å². The monoisotopic (exact) mass is 342 g/mol. The van der Waals surface area contributed by atoms with Crippen molar-refractivity contribution in [3.8, 4) is 0 Å². The fraction of sp³-hybridized carbons (Fsp3) is 0.533. The minimum Gasteiger partial charge on any atom is -0.398 e. The van der Waals surface area contributed by atoms with Gasteiger partial charge in [-0.15, -0.1) is 0 Å². The topological polar surface area (TPSA) is 64.3 Å². The van der Waals surface area contributed by atoms with E-state index in [0.717, 1.165) is 16.5 Å². The van der Waals surface area contributed by atoms with Gasteiger partial charge < -0.3 is 15.8 Å². The molecule has 0 spiro atoms. The van der Waals surface area contributed by atoms with E-state index >= 15 is 0 Å².